The number of amides is 1. The van der Waals surface area contributed by atoms with Crippen LogP contribution in [0.5, 0.6) is 0 Å². The largest absolute Gasteiger partial charge is 0.416 e. The van der Waals surface area contributed by atoms with Gasteiger partial charge < -0.3 is 15.7 Å². The number of hydrogen-bond donors (Lipinski definition) is 3. The number of hydrogen-bond acceptors (Lipinski definition) is 5. The van der Waals surface area contributed by atoms with E-state index in [0.717, 1.165) is 61.6 Å². The van der Waals surface area contributed by atoms with Gasteiger partial charge >= 0.3 is 6.18 Å². The molecule has 1 fully saturated rings. The van der Waals surface area contributed by atoms with Crippen LogP contribution in [0.1, 0.15) is 70.6 Å². The number of rotatable bonds is 13. The molecule has 2 unspecified atom stereocenters. The molecule has 0 aliphatic heterocycles. The number of carbonyl (C=O) groups is 1. The molecular weight excluding hydrogens is 651 g/mol. The quantitative estimate of drug-likeness (QED) is 0.136. The van der Waals surface area contributed by atoms with E-state index in [1.165, 1.54) is 10.4 Å². The second-order valence-electron chi connectivity index (χ2n) is 12.7. The molecule has 11 heteroatoms. The summed E-state index contributed by atoms with van der Waals surface area (Å²) in [6.07, 6.45) is 0.932. The number of benzene rings is 4. The molecule has 1 saturated carbocycles. The first-order valence-corrected chi connectivity index (χ1v) is 18.3. The molecule has 4 aromatic rings. The number of aliphatic hydroxyl groups excluding tert-OH is 1. The molecule has 4 aromatic carbocycles. The monoisotopic (exact) mass is 693 g/mol. The number of anilines is 2. The first kappa shape index (κ1) is 36.1. The van der Waals surface area contributed by atoms with Crippen LogP contribution in [0.3, 0.4) is 0 Å². The average molecular weight is 694 g/mol. The molecule has 0 aromatic heterocycles. The third-order valence-corrected chi connectivity index (χ3v) is 9.94. The van der Waals surface area contributed by atoms with E-state index in [0.29, 0.717) is 16.9 Å². The molecule has 0 saturated heterocycles. The van der Waals surface area contributed by atoms with Gasteiger partial charge in [0.1, 0.15) is 0 Å². The highest BCUT2D eigenvalue weighted by atomic mass is 32.2. The molecule has 1 amide bonds. The van der Waals surface area contributed by atoms with E-state index in [9.17, 15) is 31.5 Å². The number of aliphatic hydroxyl groups is 1. The van der Waals surface area contributed by atoms with Gasteiger partial charge in [-0.05, 0) is 78.3 Å². The van der Waals surface area contributed by atoms with Crippen LogP contribution in [0.4, 0.5) is 24.5 Å². The molecule has 1 aliphatic carbocycles. The van der Waals surface area contributed by atoms with Gasteiger partial charge in [-0.3, -0.25) is 4.79 Å². The minimum Gasteiger partial charge on any atom is -0.390 e. The lowest BCUT2D eigenvalue weighted by molar-refractivity contribution is -0.137. The zero-order chi connectivity index (χ0) is 35.0. The number of carbonyl (C=O) groups excluding carboxylic acids is 1. The lowest BCUT2D eigenvalue weighted by Crippen LogP contribution is -2.48. The van der Waals surface area contributed by atoms with Gasteiger partial charge in [0.25, 0.3) is 5.91 Å². The van der Waals surface area contributed by atoms with Crippen molar-refractivity contribution < 1.29 is 31.5 Å². The Morgan fingerprint density at radius 1 is 0.857 bits per heavy atom. The van der Waals surface area contributed by atoms with Crippen LogP contribution < -0.4 is 14.9 Å². The van der Waals surface area contributed by atoms with Crippen LogP contribution in [0.25, 0.3) is 0 Å². The molecule has 260 valence electrons. The molecule has 2 atom stereocenters. The van der Waals surface area contributed by atoms with E-state index in [4.69, 9.17) is 0 Å². The standard InChI is InChI=1S/C38H42F3N3O4S/c1-49(47,48)44(33-18-9-4-10-19-33)34-23-30(29-15-7-3-8-16-29)22-31(24-34)37(46)43-35(21-27-12-5-2-6-13-27)36(45)26-42-25-28-14-11-17-32(20-28)38(39,40)41/h2,4-6,9-14,17-20,22-24,29,35-36,42,45H,3,7-8,15-16,21,25-26H2,1H3,(H,43,46). The van der Waals surface area contributed by atoms with Crippen molar-refractivity contribution in [3.8, 4) is 0 Å². The van der Waals surface area contributed by atoms with Gasteiger partial charge in [0.2, 0.25) is 10.0 Å². The molecule has 1 aliphatic rings. The van der Waals surface area contributed by atoms with Gasteiger partial charge in [-0.2, -0.15) is 13.2 Å². The van der Waals surface area contributed by atoms with Crippen molar-refractivity contribution in [3.05, 3.63) is 131 Å². The second kappa shape index (κ2) is 16.0. The normalized spacial score (nSPS) is 15.4. The third kappa shape index (κ3) is 9.93. The highest BCUT2D eigenvalue weighted by molar-refractivity contribution is 7.92. The van der Waals surface area contributed by atoms with Crippen molar-refractivity contribution in [2.45, 2.75) is 69.3 Å². The predicted molar refractivity (Wildman–Crippen MR) is 186 cm³/mol. The van der Waals surface area contributed by atoms with Crippen LogP contribution in [0.2, 0.25) is 0 Å². The molecule has 49 heavy (non-hydrogen) atoms. The Morgan fingerprint density at radius 2 is 1.51 bits per heavy atom. The average Bonchev–Trinajstić information content (AvgIpc) is 3.08. The number of halogens is 3. The highest BCUT2D eigenvalue weighted by Crippen LogP contribution is 2.37. The van der Waals surface area contributed by atoms with Crippen molar-refractivity contribution in [3.63, 3.8) is 0 Å². The first-order chi connectivity index (χ1) is 23.4. The summed E-state index contributed by atoms with van der Waals surface area (Å²) in [5.74, 6) is -0.304. The van der Waals surface area contributed by atoms with Crippen molar-refractivity contribution in [1.82, 2.24) is 10.6 Å². The van der Waals surface area contributed by atoms with Gasteiger partial charge in [-0.15, -0.1) is 0 Å². The van der Waals surface area contributed by atoms with Crippen LogP contribution in [0.15, 0.2) is 103 Å². The molecule has 5 rings (SSSR count). The molecular formula is C38H42F3N3O4S. The lowest BCUT2D eigenvalue weighted by atomic mass is 9.83. The summed E-state index contributed by atoms with van der Waals surface area (Å²) in [7, 11) is -3.79. The molecule has 0 spiro atoms. The topological polar surface area (TPSA) is 98.7 Å². The Hall–Kier alpha value is -4.19. The zero-order valence-corrected chi connectivity index (χ0v) is 28.2. The Labute approximate surface area is 286 Å². The minimum atomic E-state index is -4.46. The zero-order valence-electron chi connectivity index (χ0n) is 27.4. The van der Waals surface area contributed by atoms with Gasteiger partial charge in [0.15, 0.2) is 0 Å². The van der Waals surface area contributed by atoms with Crippen molar-refractivity contribution in [1.29, 1.82) is 0 Å². The molecule has 3 N–H and O–H groups in total. The fraction of sp³-hybridized carbons (Fsp3) is 0.342. The minimum absolute atomic E-state index is 0.00273. The summed E-state index contributed by atoms with van der Waals surface area (Å²) in [6.45, 7) is 0.0812. The molecule has 0 bridgehead atoms. The van der Waals surface area contributed by atoms with E-state index < -0.39 is 39.8 Å². The number of nitrogens with one attached hydrogen (secondary N) is 2. The lowest BCUT2D eigenvalue weighted by Gasteiger charge is -2.28. The van der Waals surface area contributed by atoms with Crippen molar-refractivity contribution >= 4 is 27.3 Å². The smallest absolute Gasteiger partial charge is 0.390 e. The predicted octanol–water partition coefficient (Wildman–Crippen LogP) is 7.34. The second-order valence-corrected chi connectivity index (χ2v) is 14.5. The maximum atomic E-state index is 14.1. The number of nitrogens with zero attached hydrogens (tertiary/aromatic N) is 1. The summed E-state index contributed by atoms with van der Waals surface area (Å²) < 4.78 is 67.2. The van der Waals surface area contributed by atoms with E-state index in [2.05, 4.69) is 10.6 Å². The van der Waals surface area contributed by atoms with Crippen molar-refractivity contribution in [2.24, 2.45) is 0 Å². The SMILES string of the molecule is CS(=O)(=O)N(c1ccccc1)c1cc(C(=O)NC(Cc2ccccc2)C(O)CNCc2cccc(C(F)(F)F)c2)cc(C2CCCCC2)c1. The number of para-hydroxylation sites is 1. The van der Waals surface area contributed by atoms with Crippen LogP contribution >= 0.6 is 0 Å². The molecule has 0 radical (unpaired) electrons. The summed E-state index contributed by atoms with van der Waals surface area (Å²) in [5.41, 5.74) is 2.48. The Kier molecular flexibility index (Phi) is 11.8. The maximum absolute atomic E-state index is 14.1. The van der Waals surface area contributed by atoms with Gasteiger partial charge in [0.05, 0.1) is 35.3 Å². The first-order valence-electron chi connectivity index (χ1n) is 16.5. The Bertz CT molecular complexity index is 1800. The Morgan fingerprint density at radius 3 is 2.16 bits per heavy atom. The van der Waals surface area contributed by atoms with Crippen LogP contribution in [-0.4, -0.2) is 44.4 Å². The molecule has 0 heterocycles. The van der Waals surface area contributed by atoms with Crippen molar-refractivity contribution in [2.75, 3.05) is 17.1 Å². The molecule has 7 nitrogen and oxygen atoms in total. The summed E-state index contributed by atoms with van der Waals surface area (Å²) in [4.78, 5) is 14.1. The third-order valence-electron chi connectivity index (χ3n) is 8.85. The van der Waals surface area contributed by atoms with Gasteiger partial charge in [-0.25, -0.2) is 12.7 Å². The summed E-state index contributed by atoms with van der Waals surface area (Å²) >= 11 is 0. The number of alkyl halides is 3. The summed E-state index contributed by atoms with van der Waals surface area (Å²) in [6, 6.07) is 27.5. The fourth-order valence-corrected chi connectivity index (χ4v) is 7.41. The highest BCUT2D eigenvalue weighted by Gasteiger charge is 2.31. The van der Waals surface area contributed by atoms with Gasteiger partial charge in [-0.1, -0.05) is 86.0 Å². The van der Waals surface area contributed by atoms with E-state index in [1.54, 1.807) is 42.5 Å². The van der Waals surface area contributed by atoms with E-state index in [1.807, 2.05) is 42.5 Å². The van der Waals surface area contributed by atoms with E-state index in [-0.39, 0.29) is 31.0 Å². The fourth-order valence-electron chi connectivity index (χ4n) is 6.42. The maximum Gasteiger partial charge on any atom is 0.416 e. The summed E-state index contributed by atoms with van der Waals surface area (Å²) in [5, 5.41) is 17.4. The van der Waals surface area contributed by atoms with Gasteiger partial charge in [0, 0.05) is 18.7 Å². The van der Waals surface area contributed by atoms with Crippen LogP contribution in [-0.2, 0) is 29.2 Å². The number of sulfonamides is 1. The van der Waals surface area contributed by atoms with Crippen LogP contribution in [0, 0.1) is 0 Å². The Balaban J connectivity index is 1.42. The van der Waals surface area contributed by atoms with E-state index >= 15 is 0 Å².